The summed E-state index contributed by atoms with van der Waals surface area (Å²) in [4.78, 5) is 7.79. The van der Waals surface area contributed by atoms with E-state index in [0.717, 1.165) is 5.56 Å². The van der Waals surface area contributed by atoms with Crippen LogP contribution in [-0.4, -0.2) is 35.9 Å². The molecule has 18 heavy (non-hydrogen) atoms. The summed E-state index contributed by atoms with van der Waals surface area (Å²) >= 11 is 5.86. The fourth-order valence-corrected chi connectivity index (χ4v) is 1.55. The fraction of sp³-hybridized carbons (Fsp3) is 0.600. The van der Waals surface area contributed by atoms with Crippen LogP contribution in [0.15, 0.2) is 6.33 Å². The van der Waals surface area contributed by atoms with Gasteiger partial charge in [-0.05, 0) is 6.42 Å². The monoisotopic (exact) mass is 283 g/mol. The number of nitrogens with one attached hydrogen (secondary N) is 1. The Balaban J connectivity index is 2.38. The molecule has 102 valence electrons. The van der Waals surface area contributed by atoms with Crippen LogP contribution >= 0.6 is 11.6 Å². The second kappa shape index (κ2) is 6.75. The maximum Gasteiger partial charge on any atom is 0.411 e. The predicted molar refractivity (Wildman–Crippen MR) is 61.8 cm³/mol. The van der Waals surface area contributed by atoms with Gasteiger partial charge in [0.1, 0.15) is 23.9 Å². The summed E-state index contributed by atoms with van der Waals surface area (Å²) in [6.45, 7) is 0.788. The Kier molecular flexibility index (Phi) is 5.61. The molecule has 0 unspecified atom stereocenters. The van der Waals surface area contributed by atoms with E-state index >= 15 is 0 Å². The molecule has 1 aromatic rings. The van der Waals surface area contributed by atoms with Crippen LogP contribution < -0.4 is 5.32 Å². The Morgan fingerprint density at radius 3 is 2.72 bits per heavy atom. The maximum absolute atomic E-state index is 11.8. The van der Waals surface area contributed by atoms with E-state index in [0.29, 0.717) is 17.4 Å². The molecule has 0 aliphatic heterocycles. The first-order valence-corrected chi connectivity index (χ1v) is 5.69. The number of anilines is 1. The molecule has 0 radical (unpaired) electrons. The third-order valence-electron chi connectivity index (χ3n) is 2.05. The van der Waals surface area contributed by atoms with E-state index in [9.17, 15) is 13.2 Å². The van der Waals surface area contributed by atoms with E-state index in [-0.39, 0.29) is 13.2 Å². The summed E-state index contributed by atoms with van der Waals surface area (Å²) in [7, 11) is 0. The molecule has 4 nitrogen and oxygen atoms in total. The molecule has 1 N–H and O–H groups in total. The number of halogens is 4. The third kappa shape index (κ3) is 5.05. The number of nitrogens with zero attached hydrogens (tertiary/aromatic N) is 2. The SMILES string of the molecule is CCc1c(Cl)ncnc1NCCOCC(F)(F)F. The quantitative estimate of drug-likeness (QED) is 0.644. The van der Waals surface area contributed by atoms with E-state index < -0.39 is 12.8 Å². The van der Waals surface area contributed by atoms with Crippen LogP contribution in [0.3, 0.4) is 0 Å². The van der Waals surface area contributed by atoms with Crippen LogP contribution in [0.1, 0.15) is 12.5 Å². The van der Waals surface area contributed by atoms with Crippen molar-refractivity contribution in [1.29, 1.82) is 0 Å². The van der Waals surface area contributed by atoms with Gasteiger partial charge in [-0.15, -0.1) is 0 Å². The molecule has 0 spiro atoms. The first-order chi connectivity index (χ1) is 8.44. The molecule has 0 atom stereocenters. The second-order valence-corrected chi connectivity index (χ2v) is 3.80. The van der Waals surface area contributed by atoms with Gasteiger partial charge in [-0.1, -0.05) is 18.5 Å². The molecule has 0 aliphatic rings. The lowest BCUT2D eigenvalue weighted by atomic mass is 10.2. The zero-order valence-corrected chi connectivity index (χ0v) is 10.5. The molecule has 0 saturated carbocycles. The Morgan fingerprint density at radius 1 is 1.39 bits per heavy atom. The highest BCUT2D eigenvalue weighted by atomic mass is 35.5. The van der Waals surface area contributed by atoms with Crippen LogP contribution in [-0.2, 0) is 11.2 Å². The highest BCUT2D eigenvalue weighted by Crippen LogP contribution is 2.19. The molecule has 8 heteroatoms. The highest BCUT2D eigenvalue weighted by Gasteiger charge is 2.27. The van der Waals surface area contributed by atoms with Crippen LogP contribution in [0.5, 0.6) is 0 Å². The van der Waals surface area contributed by atoms with Crippen molar-refractivity contribution in [2.75, 3.05) is 25.1 Å². The van der Waals surface area contributed by atoms with Crippen molar-refractivity contribution < 1.29 is 17.9 Å². The first kappa shape index (κ1) is 15.0. The average molecular weight is 284 g/mol. The molecule has 1 aromatic heterocycles. The van der Waals surface area contributed by atoms with Crippen molar-refractivity contribution in [2.45, 2.75) is 19.5 Å². The van der Waals surface area contributed by atoms with Crippen LogP contribution in [0.2, 0.25) is 5.15 Å². The van der Waals surface area contributed by atoms with Gasteiger partial charge in [0.2, 0.25) is 0 Å². The summed E-state index contributed by atoms with van der Waals surface area (Å²) in [5.41, 5.74) is 0.731. The number of rotatable bonds is 6. The van der Waals surface area contributed by atoms with Gasteiger partial charge in [0.05, 0.1) is 6.61 Å². The van der Waals surface area contributed by atoms with E-state index in [1.165, 1.54) is 6.33 Å². The summed E-state index contributed by atoms with van der Waals surface area (Å²) in [6.07, 6.45) is -2.38. The molecule has 0 amide bonds. The minimum atomic E-state index is -4.30. The first-order valence-electron chi connectivity index (χ1n) is 5.31. The summed E-state index contributed by atoms with van der Waals surface area (Å²) in [5, 5.41) is 3.20. The van der Waals surface area contributed by atoms with Gasteiger partial charge in [-0.25, -0.2) is 9.97 Å². The van der Waals surface area contributed by atoms with Gasteiger partial charge < -0.3 is 10.1 Å². The molecule has 1 heterocycles. The predicted octanol–water partition coefficient (Wildman–Crippen LogP) is 2.68. The molecular formula is C10H13ClF3N3O. The molecule has 1 rings (SSSR count). The number of ether oxygens (including phenoxy) is 1. The molecule has 0 bridgehead atoms. The second-order valence-electron chi connectivity index (χ2n) is 3.44. The van der Waals surface area contributed by atoms with E-state index in [2.05, 4.69) is 20.0 Å². The zero-order valence-electron chi connectivity index (χ0n) is 9.72. The lowest BCUT2D eigenvalue weighted by Crippen LogP contribution is -2.20. The molecule has 0 aliphatic carbocycles. The Hall–Kier alpha value is -1.08. The topological polar surface area (TPSA) is 47.0 Å². The molecular weight excluding hydrogens is 271 g/mol. The Labute approximate surface area is 108 Å². The molecule has 0 saturated heterocycles. The van der Waals surface area contributed by atoms with Crippen LogP contribution in [0.25, 0.3) is 0 Å². The smallest absolute Gasteiger partial charge is 0.370 e. The van der Waals surface area contributed by atoms with E-state index in [4.69, 9.17) is 11.6 Å². The van der Waals surface area contributed by atoms with Crippen LogP contribution in [0.4, 0.5) is 19.0 Å². The van der Waals surface area contributed by atoms with Crippen molar-refractivity contribution in [2.24, 2.45) is 0 Å². The number of alkyl halides is 3. The minimum absolute atomic E-state index is 0.0652. The van der Waals surface area contributed by atoms with Gasteiger partial charge >= 0.3 is 6.18 Å². The van der Waals surface area contributed by atoms with Gasteiger partial charge in [0, 0.05) is 12.1 Å². The Bertz CT molecular complexity index is 387. The van der Waals surface area contributed by atoms with Crippen molar-refractivity contribution in [3.8, 4) is 0 Å². The van der Waals surface area contributed by atoms with Crippen molar-refractivity contribution in [1.82, 2.24) is 9.97 Å². The lowest BCUT2D eigenvalue weighted by molar-refractivity contribution is -0.172. The van der Waals surface area contributed by atoms with Gasteiger partial charge in [-0.2, -0.15) is 13.2 Å². The van der Waals surface area contributed by atoms with Crippen molar-refractivity contribution in [3.05, 3.63) is 17.0 Å². The van der Waals surface area contributed by atoms with E-state index in [1.54, 1.807) is 0 Å². The van der Waals surface area contributed by atoms with Gasteiger partial charge in [0.25, 0.3) is 0 Å². The maximum atomic E-state index is 11.8. The lowest BCUT2D eigenvalue weighted by Gasteiger charge is -2.11. The summed E-state index contributed by atoms with van der Waals surface area (Å²) in [6, 6.07) is 0. The number of hydrogen-bond donors (Lipinski definition) is 1. The summed E-state index contributed by atoms with van der Waals surface area (Å²) in [5.74, 6) is 0.521. The number of hydrogen-bond acceptors (Lipinski definition) is 4. The average Bonchev–Trinajstić information content (AvgIpc) is 2.27. The van der Waals surface area contributed by atoms with Crippen LogP contribution in [0, 0.1) is 0 Å². The standard InChI is InChI=1S/C10H13ClF3N3O/c1-2-7-8(11)16-6-17-9(7)15-3-4-18-5-10(12,13)14/h6H,2-5H2,1H3,(H,15,16,17). The zero-order chi connectivity index (χ0) is 13.6. The fourth-order valence-electron chi connectivity index (χ4n) is 1.29. The number of aromatic nitrogens is 2. The normalized spacial score (nSPS) is 11.6. The Morgan fingerprint density at radius 2 is 2.11 bits per heavy atom. The third-order valence-corrected chi connectivity index (χ3v) is 2.38. The summed E-state index contributed by atoms with van der Waals surface area (Å²) < 4.78 is 39.8. The minimum Gasteiger partial charge on any atom is -0.370 e. The highest BCUT2D eigenvalue weighted by molar-refractivity contribution is 6.30. The largest absolute Gasteiger partial charge is 0.411 e. The van der Waals surface area contributed by atoms with Gasteiger partial charge in [0.15, 0.2) is 0 Å². The molecule has 0 fully saturated rings. The van der Waals surface area contributed by atoms with E-state index in [1.807, 2.05) is 6.92 Å². The van der Waals surface area contributed by atoms with Crippen molar-refractivity contribution in [3.63, 3.8) is 0 Å². The molecule has 0 aromatic carbocycles. The van der Waals surface area contributed by atoms with Crippen molar-refractivity contribution >= 4 is 17.4 Å². The van der Waals surface area contributed by atoms with Gasteiger partial charge in [-0.3, -0.25) is 0 Å².